The van der Waals surface area contributed by atoms with E-state index in [4.69, 9.17) is 32.7 Å². The molecule has 14 heteroatoms. The highest BCUT2D eigenvalue weighted by Gasteiger charge is 2.37. The number of nitrogens with zero attached hydrogens (tertiary/aromatic N) is 4. The van der Waals surface area contributed by atoms with Crippen LogP contribution < -0.4 is 15.4 Å². The first-order chi connectivity index (χ1) is 20.3. The van der Waals surface area contributed by atoms with E-state index in [2.05, 4.69) is 25.5 Å². The van der Waals surface area contributed by atoms with Crippen LogP contribution in [0.25, 0.3) is 10.9 Å². The quantitative estimate of drug-likeness (QED) is 0.247. The van der Waals surface area contributed by atoms with Gasteiger partial charge in [-0.1, -0.05) is 23.2 Å². The molecule has 3 aromatic rings. The van der Waals surface area contributed by atoms with Crippen LogP contribution >= 0.6 is 23.2 Å². The Morgan fingerprint density at radius 2 is 1.98 bits per heavy atom. The van der Waals surface area contributed by atoms with E-state index >= 15 is 0 Å². The van der Waals surface area contributed by atoms with Gasteiger partial charge < -0.3 is 25.0 Å². The number of halogens is 4. The van der Waals surface area contributed by atoms with Crippen molar-refractivity contribution in [2.75, 3.05) is 56.6 Å². The summed E-state index contributed by atoms with van der Waals surface area (Å²) in [4.78, 5) is 37.8. The molecule has 2 fully saturated rings. The summed E-state index contributed by atoms with van der Waals surface area (Å²) in [6.45, 7) is 4.57. The van der Waals surface area contributed by atoms with Crippen LogP contribution in [0, 0.1) is 5.82 Å². The van der Waals surface area contributed by atoms with E-state index in [1.54, 1.807) is 12.1 Å². The molecule has 2 unspecified atom stereocenters. The lowest BCUT2D eigenvalue weighted by atomic mass is 10.1. The van der Waals surface area contributed by atoms with Crippen molar-refractivity contribution < 1.29 is 27.8 Å². The Bertz CT molecular complexity index is 1440. The number of aromatic nitrogens is 2. The predicted octanol–water partition coefficient (Wildman–Crippen LogP) is 4.73. The zero-order valence-corrected chi connectivity index (χ0v) is 24.1. The van der Waals surface area contributed by atoms with Crippen LogP contribution in [-0.4, -0.2) is 89.3 Å². The zero-order chi connectivity index (χ0) is 29.6. The molecule has 42 heavy (non-hydrogen) atoms. The van der Waals surface area contributed by atoms with Gasteiger partial charge in [0.1, 0.15) is 29.8 Å². The van der Waals surface area contributed by atoms with Gasteiger partial charge in [0.15, 0.2) is 0 Å². The number of morpholine rings is 1. The van der Waals surface area contributed by atoms with Crippen molar-refractivity contribution >= 4 is 63.1 Å². The summed E-state index contributed by atoms with van der Waals surface area (Å²) in [6, 6.07) is 6.66. The Morgan fingerprint density at radius 1 is 1.17 bits per heavy atom. The van der Waals surface area contributed by atoms with E-state index in [-0.39, 0.29) is 11.6 Å². The molecule has 2 amide bonds. The standard InChI is InChI=1S/C28H30Cl2F2N6O4/c29-19-13-17(4-5-20(19)31)35-26-18-14-22(36-27(39)23-3-1-7-38(23)28(40)25(30)32)24(15-21(18)33-16-34-26)42-10-2-6-37-8-11-41-12-9-37/h4-5,13-16,23,25H,1-3,6-12H2,(H,36,39)(H,33,34,35). The molecule has 3 heterocycles. The Kier molecular flexibility index (Phi) is 9.88. The van der Waals surface area contributed by atoms with Gasteiger partial charge in [0.2, 0.25) is 5.91 Å². The summed E-state index contributed by atoms with van der Waals surface area (Å²) in [5.74, 6) is -1.22. The third-order valence-electron chi connectivity index (χ3n) is 7.18. The number of benzene rings is 2. The second-order valence-corrected chi connectivity index (χ2v) is 10.8. The molecular weight excluding hydrogens is 593 g/mol. The minimum atomic E-state index is -2.23. The monoisotopic (exact) mass is 622 g/mol. The number of carbonyl (C=O) groups excluding carboxylic acids is 2. The lowest BCUT2D eigenvalue weighted by molar-refractivity contribution is -0.138. The molecule has 2 saturated heterocycles. The number of fused-ring (bicyclic) bond motifs is 1. The molecule has 224 valence electrons. The Labute approximate surface area is 251 Å². The van der Waals surface area contributed by atoms with E-state index in [9.17, 15) is 18.4 Å². The number of amides is 2. The predicted molar refractivity (Wildman–Crippen MR) is 156 cm³/mol. The lowest BCUT2D eigenvalue weighted by Crippen LogP contribution is -2.45. The second kappa shape index (κ2) is 13.8. The number of anilines is 3. The molecule has 2 aromatic carbocycles. The number of alkyl halides is 2. The van der Waals surface area contributed by atoms with Crippen molar-refractivity contribution in [2.45, 2.75) is 30.9 Å². The Balaban J connectivity index is 1.41. The number of hydrogen-bond acceptors (Lipinski definition) is 8. The summed E-state index contributed by atoms with van der Waals surface area (Å²) in [6.07, 6.45) is 3.02. The smallest absolute Gasteiger partial charge is 0.273 e. The summed E-state index contributed by atoms with van der Waals surface area (Å²) in [7, 11) is 0. The van der Waals surface area contributed by atoms with E-state index in [0.29, 0.717) is 66.5 Å². The van der Waals surface area contributed by atoms with Crippen LogP contribution in [0.1, 0.15) is 19.3 Å². The van der Waals surface area contributed by atoms with Gasteiger partial charge in [0.05, 0.1) is 36.0 Å². The molecule has 0 bridgehead atoms. The molecule has 0 radical (unpaired) electrons. The maximum Gasteiger partial charge on any atom is 0.273 e. The van der Waals surface area contributed by atoms with Crippen molar-refractivity contribution in [3.05, 3.63) is 47.5 Å². The molecular formula is C28H30Cl2F2N6O4. The Hall–Kier alpha value is -3.32. The van der Waals surface area contributed by atoms with Crippen LogP contribution in [0.3, 0.4) is 0 Å². The summed E-state index contributed by atoms with van der Waals surface area (Å²) >= 11 is 11.3. The molecule has 2 N–H and O–H groups in total. The molecule has 0 aliphatic carbocycles. The maximum atomic E-state index is 13.7. The molecule has 5 rings (SSSR count). The second-order valence-electron chi connectivity index (χ2n) is 9.98. The molecule has 2 atom stereocenters. The van der Waals surface area contributed by atoms with Crippen molar-refractivity contribution in [2.24, 2.45) is 0 Å². The molecule has 2 aliphatic heterocycles. The number of ether oxygens (including phenoxy) is 2. The van der Waals surface area contributed by atoms with Crippen molar-refractivity contribution in [3.63, 3.8) is 0 Å². The van der Waals surface area contributed by atoms with Gasteiger partial charge in [0, 0.05) is 43.3 Å². The van der Waals surface area contributed by atoms with Gasteiger partial charge >= 0.3 is 0 Å². The number of hydrogen-bond donors (Lipinski definition) is 2. The van der Waals surface area contributed by atoms with Gasteiger partial charge in [-0.05, 0) is 43.5 Å². The molecule has 0 saturated carbocycles. The van der Waals surface area contributed by atoms with Crippen molar-refractivity contribution in [1.82, 2.24) is 19.8 Å². The first-order valence-corrected chi connectivity index (χ1v) is 14.4. The minimum absolute atomic E-state index is 0.0535. The summed E-state index contributed by atoms with van der Waals surface area (Å²) in [5.41, 5.74) is -0.870. The fourth-order valence-corrected chi connectivity index (χ4v) is 5.36. The number of likely N-dealkylation sites (tertiary alicyclic amines) is 1. The van der Waals surface area contributed by atoms with Gasteiger partial charge in [-0.2, -0.15) is 0 Å². The average molecular weight is 623 g/mol. The lowest BCUT2D eigenvalue weighted by Gasteiger charge is -2.26. The first-order valence-electron chi connectivity index (χ1n) is 13.6. The van der Waals surface area contributed by atoms with Gasteiger partial charge in [-0.15, -0.1) is 0 Å². The number of carbonyl (C=O) groups is 2. The van der Waals surface area contributed by atoms with E-state index in [1.165, 1.54) is 24.5 Å². The van der Waals surface area contributed by atoms with Gasteiger partial charge in [-0.3, -0.25) is 14.5 Å². The number of nitrogens with one attached hydrogen (secondary N) is 2. The van der Waals surface area contributed by atoms with Gasteiger partial charge in [-0.25, -0.2) is 18.7 Å². The molecule has 0 spiro atoms. The zero-order valence-electron chi connectivity index (χ0n) is 22.6. The third kappa shape index (κ3) is 7.17. The van der Waals surface area contributed by atoms with Crippen molar-refractivity contribution in [3.8, 4) is 5.75 Å². The largest absolute Gasteiger partial charge is 0.491 e. The van der Waals surface area contributed by atoms with Crippen LogP contribution in [0.2, 0.25) is 5.02 Å². The molecule has 10 nitrogen and oxygen atoms in total. The average Bonchev–Trinajstić information content (AvgIpc) is 3.48. The SMILES string of the molecule is O=C(Nc1cc2c(Nc3ccc(F)c(Cl)c3)ncnc2cc1OCCCN1CCOCC1)C1CCCN1C(=O)C(F)Cl. The van der Waals surface area contributed by atoms with Crippen LogP contribution in [0.5, 0.6) is 5.75 Å². The molecule has 2 aliphatic rings. The first kappa shape index (κ1) is 30.1. The number of rotatable bonds is 10. The highest BCUT2D eigenvalue weighted by Crippen LogP contribution is 2.35. The summed E-state index contributed by atoms with van der Waals surface area (Å²) < 4.78 is 38.8. The van der Waals surface area contributed by atoms with Crippen LogP contribution in [0.4, 0.5) is 26.0 Å². The fraction of sp³-hybridized carbons (Fsp3) is 0.429. The highest BCUT2D eigenvalue weighted by atomic mass is 35.5. The van der Waals surface area contributed by atoms with Gasteiger partial charge in [0.25, 0.3) is 11.5 Å². The van der Waals surface area contributed by atoms with Crippen LogP contribution in [-0.2, 0) is 14.3 Å². The topological polar surface area (TPSA) is 109 Å². The van der Waals surface area contributed by atoms with E-state index in [0.717, 1.165) is 31.0 Å². The normalized spacial score (nSPS) is 18.2. The highest BCUT2D eigenvalue weighted by molar-refractivity contribution is 6.31. The third-order valence-corrected chi connectivity index (χ3v) is 7.66. The van der Waals surface area contributed by atoms with Crippen LogP contribution in [0.15, 0.2) is 36.7 Å². The van der Waals surface area contributed by atoms with E-state index in [1.807, 2.05) is 0 Å². The summed E-state index contributed by atoms with van der Waals surface area (Å²) in [5, 5.41) is 6.46. The Morgan fingerprint density at radius 3 is 2.74 bits per heavy atom. The molecule has 1 aromatic heterocycles. The van der Waals surface area contributed by atoms with Crippen molar-refractivity contribution in [1.29, 1.82) is 0 Å². The maximum absolute atomic E-state index is 13.7. The minimum Gasteiger partial charge on any atom is -0.491 e. The fourth-order valence-electron chi connectivity index (χ4n) is 5.05. The van der Waals surface area contributed by atoms with E-state index < -0.39 is 29.3 Å².